The number of fused-ring (bicyclic) bond motifs is 3. The van der Waals surface area contributed by atoms with E-state index in [1.54, 1.807) is 6.92 Å². The van der Waals surface area contributed by atoms with E-state index in [-0.39, 0.29) is 0 Å². The lowest BCUT2D eigenvalue weighted by Gasteiger charge is -2.13. The minimum absolute atomic E-state index is 0.334. The number of aromatic nitrogens is 1. The Labute approximate surface area is 189 Å². The molecule has 1 N–H and O–H groups in total. The second-order valence-electron chi connectivity index (χ2n) is 7.31. The van der Waals surface area contributed by atoms with Crippen LogP contribution in [0.5, 0.6) is 5.75 Å². The van der Waals surface area contributed by atoms with E-state index in [1.165, 1.54) is 21.8 Å². The van der Waals surface area contributed by atoms with E-state index in [4.69, 9.17) is 9.47 Å². The van der Waals surface area contributed by atoms with E-state index >= 15 is 0 Å². The number of hydrogen-bond acceptors (Lipinski definition) is 3. The number of carbonyl (C=O) groups is 1. The van der Waals surface area contributed by atoms with E-state index in [1.807, 2.05) is 24.3 Å². The number of nitrogens with zero attached hydrogens (tertiary/aromatic N) is 1. The highest BCUT2D eigenvalue weighted by atomic mass is 79.9. The second kappa shape index (κ2) is 9.54. The summed E-state index contributed by atoms with van der Waals surface area (Å²) in [5, 5.41) is 11.7. The number of aliphatic carboxylic acids is 1. The molecule has 0 saturated heterocycles. The van der Waals surface area contributed by atoms with Gasteiger partial charge in [-0.05, 0) is 48.9 Å². The first-order valence-electron chi connectivity index (χ1n) is 10.3. The Balaban J connectivity index is 1.45. The van der Waals surface area contributed by atoms with Gasteiger partial charge in [0.25, 0.3) is 0 Å². The average molecular weight is 482 g/mol. The predicted molar refractivity (Wildman–Crippen MR) is 126 cm³/mol. The van der Waals surface area contributed by atoms with Gasteiger partial charge in [0.1, 0.15) is 12.4 Å². The fraction of sp³-hybridized carbons (Fsp3) is 0.240. The number of benzene rings is 3. The lowest BCUT2D eigenvalue weighted by atomic mass is 10.1. The zero-order valence-corrected chi connectivity index (χ0v) is 18.8. The topological polar surface area (TPSA) is 60.7 Å². The molecule has 0 fully saturated rings. The van der Waals surface area contributed by atoms with E-state index < -0.39 is 12.1 Å². The first-order valence-corrected chi connectivity index (χ1v) is 11.1. The third kappa shape index (κ3) is 4.75. The van der Waals surface area contributed by atoms with Gasteiger partial charge in [-0.3, -0.25) is 0 Å². The van der Waals surface area contributed by atoms with Gasteiger partial charge in [-0.2, -0.15) is 0 Å². The molecule has 6 heteroatoms. The summed E-state index contributed by atoms with van der Waals surface area (Å²) in [6.45, 7) is 3.42. The number of carboxylic acid groups (broad SMARTS) is 1. The SMILES string of the molecule is CCOC(Cc1ccc(OCCn2c3ccccc3c3cc(Br)ccc32)cc1)C(=O)O. The van der Waals surface area contributed by atoms with Crippen molar-refractivity contribution in [1.29, 1.82) is 0 Å². The van der Waals surface area contributed by atoms with Crippen LogP contribution in [0.1, 0.15) is 12.5 Å². The summed E-state index contributed by atoms with van der Waals surface area (Å²) in [6, 6.07) is 22.3. The maximum absolute atomic E-state index is 11.3. The van der Waals surface area contributed by atoms with E-state index in [9.17, 15) is 9.90 Å². The van der Waals surface area contributed by atoms with Gasteiger partial charge in [-0.15, -0.1) is 0 Å². The van der Waals surface area contributed by atoms with Crippen molar-refractivity contribution < 1.29 is 19.4 Å². The van der Waals surface area contributed by atoms with Gasteiger partial charge in [-0.1, -0.05) is 46.3 Å². The van der Waals surface area contributed by atoms with Crippen LogP contribution in [0.3, 0.4) is 0 Å². The van der Waals surface area contributed by atoms with Gasteiger partial charge in [0.2, 0.25) is 0 Å². The van der Waals surface area contributed by atoms with Crippen LogP contribution < -0.4 is 4.74 Å². The van der Waals surface area contributed by atoms with Crippen molar-refractivity contribution in [3.8, 4) is 5.75 Å². The standard InChI is InChI=1S/C25H24BrNO4/c1-2-30-24(25(28)29)15-17-7-10-19(11-8-17)31-14-13-27-22-6-4-3-5-20(22)21-16-18(26)9-12-23(21)27/h3-12,16,24H,2,13-15H2,1H3,(H,28,29). The summed E-state index contributed by atoms with van der Waals surface area (Å²) in [5.74, 6) is -0.184. The van der Waals surface area contributed by atoms with E-state index in [2.05, 4.69) is 63.0 Å². The lowest BCUT2D eigenvalue weighted by Crippen LogP contribution is -2.26. The second-order valence-corrected chi connectivity index (χ2v) is 8.22. The van der Waals surface area contributed by atoms with Crippen LogP contribution in [0.4, 0.5) is 0 Å². The molecule has 1 atom stereocenters. The fourth-order valence-corrected chi connectivity index (χ4v) is 4.24. The fourth-order valence-electron chi connectivity index (χ4n) is 3.88. The van der Waals surface area contributed by atoms with Gasteiger partial charge in [0.15, 0.2) is 6.10 Å². The smallest absolute Gasteiger partial charge is 0.333 e. The minimum atomic E-state index is -0.944. The molecule has 0 bridgehead atoms. The molecule has 0 aliphatic heterocycles. The summed E-state index contributed by atoms with van der Waals surface area (Å²) in [6.07, 6.45) is -0.493. The van der Waals surface area contributed by atoms with Crippen molar-refractivity contribution in [2.75, 3.05) is 13.2 Å². The number of ether oxygens (including phenoxy) is 2. The molecule has 3 aromatic carbocycles. The third-order valence-corrected chi connectivity index (χ3v) is 5.80. The molecular formula is C25H24BrNO4. The average Bonchev–Trinajstić information content (AvgIpc) is 3.07. The highest BCUT2D eigenvalue weighted by Gasteiger charge is 2.18. The minimum Gasteiger partial charge on any atom is -0.492 e. The zero-order chi connectivity index (χ0) is 21.8. The number of hydrogen-bond donors (Lipinski definition) is 1. The van der Waals surface area contributed by atoms with E-state index in [0.29, 0.717) is 19.6 Å². The number of rotatable bonds is 9. The van der Waals surface area contributed by atoms with Crippen LogP contribution in [0, 0.1) is 0 Å². The molecule has 160 valence electrons. The van der Waals surface area contributed by atoms with Crippen molar-refractivity contribution in [3.05, 3.63) is 76.8 Å². The highest BCUT2D eigenvalue weighted by Crippen LogP contribution is 2.31. The van der Waals surface area contributed by atoms with Crippen LogP contribution >= 0.6 is 15.9 Å². The molecule has 0 spiro atoms. The van der Waals surface area contributed by atoms with E-state index in [0.717, 1.165) is 22.3 Å². The molecule has 0 aliphatic carbocycles. The Morgan fingerprint density at radius 1 is 1.03 bits per heavy atom. The number of para-hydroxylation sites is 1. The molecule has 4 aromatic rings. The summed E-state index contributed by atoms with van der Waals surface area (Å²) in [7, 11) is 0. The van der Waals surface area contributed by atoms with Crippen LogP contribution in [0.25, 0.3) is 21.8 Å². The van der Waals surface area contributed by atoms with Crippen molar-refractivity contribution >= 4 is 43.7 Å². The Kier molecular flexibility index (Phi) is 6.59. The molecule has 0 amide bonds. The monoisotopic (exact) mass is 481 g/mol. The molecule has 0 radical (unpaired) electrons. The molecule has 1 unspecified atom stereocenters. The molecule has 1 heterocycles. The van der Waals surface area contributed by atoms with Gasteiger partial charge in [-0.25, -0.2) is 4.79 Å². The quantitative estimate of drug-likeness (QED) is 0.334. The Hall–Kier alpha value is -2.83. The maximum atomic E-state index is 11.3. The predicted octanol–water partition coefficient (Wildman–Crippen LogP) is 5.67. The van der Waals surface area contributed by atoms with Crippen LogP contribution in [0.15, 0.2) is 71.2 Å². The van der Waals surface area contributed by atoms with Gasteiger partial charge < -0.3 is 19.1 Å². The van der Waals surface area contributed by atoms with Crippen LogP contribution in [0.2, 0.25) is 0 Å². The molecule has 1 aromatic heterocycles. The highest BCUT2D eigenvalue weighted by molar-refractivity contribution is 9.10. The Morgan fingerprint density at radius 2 is 1.77 bits per heavy atom. The van der Waals surface area contributed by atoms with Gasteiger partial charge in [0, 0.05) is 39.3 Å². The Morgan fingerprint density at radius 3 is 2.52 bits per heavy atom. The summed E-state index contributed by atoms with van der Waals surface area (Å²) in [4.78, 5) is 11.3. The van der Waals surface area contributed by atoms with Gasteiger partial charge >= 0.3 is 5.97 Å². The third-order valence-electron chi connectivity index (χ3n) is 5.31. The first-order chi connectivity index (χ1) is 15.1. The molecular weight excluding hydrogens is 458 g/mol. The first kappa shape index (κ1) is 21.4. The largest absolute Gasteiger partial charge is 0.492 e. The summed E-state index contributed by atoms with van der Waals surface area (Å²) < 4.78 is 14.6. The van der Waals surface area contributed by atoms with Gasteiger partial charge in [0.05, 0.1) is 6.54 Å². The van der Waals surface area contributed by atoms with Crippen molar-refractivity contribution in [1.82, 2.24) is 4.57 Å². The normalized spacial score (nSPS) is 12.3. The zero-order valence-electron chi connectivity index (χ0n) is 17.3. The Bertz CT molecular complexity index is 1200. The molecule has 0 aliphatic rings. The molecule has 0 saturated carbocycles. The van der Waals surface area contributed by atoms with Crippen molar-refractivity contribution in [2.45, 2.75) is 26.0 Å². The number of halogens is 1. The van der Waals surface area contributed by atoms with Crippen molar-refractivity contribution in [2.24, 2.45) is 0 Å². The van der Waals surface area contributed by atoms with Crippen molar-refractivity contribution in [3.63, 3.8) is 0 Å². The lowest BCUT2D eigenvalue weighted by molar-refractivity contribution is -0.149. The molecule has 31 heavy (non-hydrogen) atoms. The maximum Gasteiger partial charge on any atom is 0.333 e. The van der Waals surface area contributed by atoms with Crippen LogP contribution in [-0.2, 0) is 22.5 Å². The number of carboxylic acids is 1. The van der Waals surface area contributed by atoms with Crippen LogP contribution in [-0.4, -0.2) is 35.0 Å². The molecule has 4 rings (SSSR count). The molecule has 5 nitrogen and oxygen atoms in total. The summed E-state index contributed by atoms with van der Waals surface area (Å²) >= 11 is 3.57. The summed E-state index contributed by atoms with van der Waals surface area (Å²) in [5.41, 5.74) is 3.27.